The monoisotopic (exact) mass is 149 g/mol. The summed E-state index contributed by atoms with van der Waals surface area (Å²) in [6, 6.07) is 0. The van der Waals surface area contributed by atoms with E-state index in [0.717, 1.165) is 0 Å². The lowest BCUT2D eigenvalue weighted by Crippen LogP contribution is -2.25. The van der Waals surface area contributed by atoms with E-state index in [0.29, 0.717) is 13.2 Å². The molecule has 0 aromatic heterocycles. The van der Waals surface area contributed by atoms with E-state index in [-0.39, 0.29) is 0 Å². The molecule has 0 unspecified atom stereocenters. The second-order valence-corrected chi connectivity index (χ2v) is 2.47. The molecule has 0 atom stereocenters. The molecule has 0 rings (SSSR count). The second-order valence-electron chi connectivity index (χ2n) is 1.73. The van der Waals surface area contributed by atoms with E-state index in [4.69, 9.17) is 22.1 Å². The SMILES string of the molecule is CCOC(C)([S])OCC. The lowest BCUT2D eigenvalue weighted by molar-refractivity contribution is -0.151. The third-order valence-corrected chi connectivity index (χ3v) is 1.05. The Hall–Kier alpha value is 0.270. The van der Waals surface area contributed by atoms with Gasteiger partial charge >= 0.3 is 0 Å². The fourth-order valence-corrected chi connectivity index (χ4v) is 0.802. The number of hydrogen-bond acceptors (Lipinski definition) is 2. The van der Waals surface area contributed by atoms with Crippen molar-refractivity contribution in [2.45, 2.75) is 25.9 Å². The van der Waals surface area contributed by atoms with E-state index >= 15 is 0 Å². The molecule has 0 amide bonds. The molecule has 0 N–H and O–H groups in total. The first kappa shape index (κ1) is 9.27. The normalized spacial score (nSPS) is 12.0. The average molecular weight is 149 g/mol. The van der Waals surface area contributed by atoms with Gasteiger partial charge in [0.15, 0.2) is 0 Å². The summed E-state index contributed by atoms with van der Waals surface area (Å²) in [5.74, 6) is 0. The van der Waals surface area contributed by atoms with Gasteiger partial charge in [0.2, 0.25) is 5.12 Å². The predicted molar refractivity (Wildman–Crippen MR) is 39.2 cm³/mol. The van der Waals surface area contributed by atoms with Crippen LogP contribution in [-0.4, -0.2) is 18.3 Å². The molecule has 3 heteroatoms. The van der Waals surface area contributed by atoms with Crippen LogP contribution in [0.1, 0.15) is 20.8 Å². The molecular weight excluding hydrogens is 136 g/mol. The van der Waals surface area contributed by atoms with Crippen molar-refractivity contribution in [3.8, 4) is 0 Å². The second kappa shape index (κ2) is 4.14. The van der Waals surface area contributed by atoms with Gasteiger partial charge in [0.1, 0.15) is 0 Å². The fraction of sp³-hybridized carbons (Fsp3) is 1.00. The van der Waals surface area contributed by atoms with Gasteiger partial charge in [-0.1, -0.05) is 0 Å². The van der Waals surface area contributed by atoms with Crippen molar-refractivity contribution in [3.63, 3.8) is 0 Å². The van der Waals surface area contributed by atoms with Crippen molar-refractivity contribution in [1.29, 1.82) is 0 Å². The quantitative estimate of drug-likeness (QED) is 0.569. The fourth-order valence-electron chi connectivity index (χ4n) is 0.566. The maximum absolute atomic E-state index is 5.06. The van der Waals surface area contributed by atoms with Gasteiger partial charge < -0.3 is 9.47 Å². The average Bonchev–Trinajstić information content (AvgIpc) is 1.64. The third-order valence-electron chi connectivity index (χ3n) is 0.813. The van der Waals surface area contributed by atoms with Crippen LogP contribution in [0.15, 0.2) is 0 Å². The highest BCUT2D eigenvalue weighted by molar-refractivity contribution is 7.81. The number of ether oxygens (including phenoxy) is 2. The molecule has 0 aliphatic rings. The molecule has 0 heterocycles. The van der Waals surface area contributed by atoms with E-state index in [9.17, 15) is 0 Å². The van der Waals surface area contributed by atoms with Crippen LogP contribution in [0.2, 0.25) is 0 Å². The van der Waals surface area contributed by atoms with Crippen LogP contribution in [0.3, 0.4) is 0 Å². The first-order chi connectivity index (χ1) is 4.12. The Kier molecular flexibility index (Phi) is 4.27. The molecule has 0 saturated heterocycles. The summed E-state index contributed by atoms with van der Waals surface area (Å²) in [6.45, 7) is 6.71. The molecule has 0 aromatic carbocycles. The molecule has 0 bridgehead atoms. The minimum Gasteiger partial charge on any atom is -0.341 e. The molecule has 1 radical (unpaired) electrons. The van der Waals surface area contributed by atoms with E-state index in [1.54, 1.807) is 6.92 Å². The molecule has 9 heavy (non-hydrogen) atoms. The Morgan fingerprint density at radius 1 is 1.22 bits per heavy atom. The van der Waals surface area contributed by atoms with Crippen LogP contribution < -0.4 is 0 Å². The van der Waals surface area contributed by atoms with Gasteiger partial charge in [-0.15, -0.1) is 0 Å². The Balaban J connectivity index is 3.43. The maximum atomic E-state index is 5.06. The van der Waals surface area contributed by atoms with Crippen LogP contribution in [0.25, 0.3) is 0 Å². The van der Waals surface area contributed by atoms with E-state index in [2.05, 4.69) is 0 Å². The maximum Gasteiger partial charge on any atom is 0.225 e. The third kappa shape index (κ3) is 4.75. The van der Waals surface area contributed by atoms with Crippen molar-refractivity contribution in [2.24, 2.45) is 0 Å². The van der Waals surface area contributed by atoms with Crippen molar-refractivity contribution >= 4 is 12.6 Å². The molecule has 0 spiro atoms. The Morgan fingerprint density at radius 3 is 1.78 bits per heavy atom. The van der Waals surface area contributed by atoms with Gasteiger partial charge in [0.25, 0.3) is 0 Å². The van der Waals surface area contributed by atoms with E-state index in [1.807, 2.05) is 13.8 Å². The summed E-state index contributed by atoms with van der Waals surface area (Å²) in [7, 11) is 0. The number of hydrogen-bond donors (Lipinski definition) is 0. The molecular formula is C6H13O2S. The van der Waals surface area contributed by atoms with Gasteiger partial charge in [-0.25, -0.2) is 0 Å². The zero-order chi connectivity index (χ0) is 7.33. The van der Waals surface area contributed by atoms with Crippen molar-refractivity contribution in [3.05, 3.63) is 0 Å². The molecule has 0 aromatic rings. The van der Waals surface area contributed by atoms with Crippen LogP contribution in [0.5, 0.6) is 0 Å². The molecule has 55 valence electrons. The molecule has 0 aliphatic heterocycles. The van der Waals surface area contributed by atoms with Gasteiger partial charge in [0.05, 0.1) is 0 Å². The van der Waals surface area contributed by atoms with Crippen LogP contribution in [0.4, 0.5) is 0 Å². The molecule has 0 fully saturated rings. The topological polar surface area (TPSA) is 18.5 Å². The molecule has 0 aliphatic carbocycles. The Labute approximate surface area is 61.9 Å². The lowest BCUT2D eigenvalue weighted by Gasteiger charge is -2.21. The van der Waals surface area contributed by atoms with Gasteiger partial charge in [0, 0.05) is 20.1 Å². The highest BCUT2D eigenvalue weighted by Crippen LogP contribution is 2.15. The summed E-state index contributed by atoms with van der Waals surface area (Å²) in [4.78, 5) is 0. The number of rotatable bonds is 4. The Morgan fingerprint density at radius 2 is 1.56 bits per heavy atom. The Bertz CT molecular complexity index is 65.5. The largest absolute Gasteiger partial charge is 0.341 e. The first-order valence-corrected chi connectivity index (χ1v) is 3.51. The summed E-state index contributed by atoms with van der Waals surface area (Å²) in [5.41, 5.74) is 0. The molecule has 2 nitrogen and oxygen atoms in total. The highest BCUT2D eigenvalue weighted by Gasteiger charge is 2.18. The van der Waals surface area contributed by atoms with Crippen LogP contribution in [-0.2, 0) is 9.47 Å². The highest BCUT2D eigenvalue weighted by atomic mass is 32.1. The van der Waals surface area contributed by atoms with Crippen molar-refractivity contribution < 1.29 is 9.47 Å². The summed E-state index contributed by atoms with van der Waals surface area (Å²) >= 11 is 4.90. The zero-order valence-electron chi connectivity index (χ0n) is 6.14. The standard InChI is InChI=1S/C6H13O2S/c1-4-7-6(3,9)8-5-2/h4-5H2,1-3H3. The van der Waals surface area contributed by atoms with E-state index in [1.165, 1.54) is 0 Å². The summed E-state index contributed by atoms with van der Waals surface area (Å²) in [5, 5.41) is -0.816. The smallest absolute Gasteiger partial charge is 0.225 e. The van der Waals surface area contributed by atoms with Crippen molar-refractivity contribution in [2.75, 3.05) is 13.2 Å². The summed E-state index contributed by atoms with van der Waals surface area (Å²) in [6.07, 6.45) is 0. The van der Waals surface area contributed by atoms with Crippen molar-refractivity contribution in [1.82, 2.24) is 0 Å². The zero-order valence-corrected chi connectivity index (χ0v) is 6.96. The van der Waals surface area contributed by atoms with Crippen LogP contribution >= 0.6 is 12.6 Å². The lowest BCUT2D eigenvalue weighted by atomic mass is 10.7. The van der Waals surface area contributed by atoms with Gasteiger partial charge in [-0.2, -0.15) is 0 Å². The molecule has 0 saturated carbocycles. The van der Waals surface area contributed by atoms with Crippen LogP contribution in [0, 0.1) is 0 Å². The van der Waals surface area contributed by atoms with Gasteiger partial charge in [-0.3, -0.25) is 0 Å². The van der Waals surface area contributed by atoms with Gasteiger partial charge in [-0.05, 0) is 26.5 Å². The minimum absolute atomic E-state index is 0.597. The first-order valence-electron chi connectivity index (χ1n) is 3.10. The predicted octanol–water partition coefficient (Wildman–Crippen LogP) is 1.93. The summed E-state index contributed by atoms with van der Waals surface area (Å²) < 4.78 is 10.1. The van der Waals surface area contributed by atoms with E-state index < -0.39 is 5.12 Å². The minimum atomic E-state index is -0.816.